The quantitative estimate of drug-likeness (QED) is 0.821. The highest BCUT2D eigenvalue weighted by Crippen LogP contribution is 2.37. The molecule has 0 aliphatic carbocycles. The molecule has 2 aliphatic heterocycles. The molecule has 7 heteroatoms. The molecular weight excluding hydrogens is 354 g/mol. The topological polar surface area (TPSA) is 87.1 Å². The Morgan fingerprint density at radius 2 is 2.00 bits per heavy atom. The van der Waals surface area contributed by atoms with Gasteiger partial charge in [-0.1, -0.05) is 15.9 Å². The van der Waals surface area contributed by atoms with E-state index in [1.165, 1.54) is 0 Å². The van der Waals surface area contributed by atoms with Crippen LogP contribution in [0.3, 0.4) is 0 Å². The fraction of sp³-hybridized carbons (Fsp3) is 0.467. The Morgan fingerprint density at radius 1 is 1.32 bits per heavy atom. The molecule has 2 aliphatic rings. The van der Waals surface area contributed by atoms with Crippen LogP contribution in [-0.2, 0) is 9.59 Å². The van der Waals surface area contributed by atoms with Crippen molar-refractivity contribution >= 4 is 27.8 Å². The van der Waals surface area contributed by atoms with Crippen molar-refractivity contribution in [3.05, 3.63) is 28.2 Å². The predicted octanol–water partition coefficient (Wildman–Crippen LogP) is 1.36. The summed E-state index contributed by atoms with van der Waals surface area (Å²) in [5.74, 6) is -0.966. The summed E-state index contributed by atoms with van der Waals surface area (Å²) in [5, 5.41) is 19.0. The number of aliphatic hydroxyl groups is 1. The van der Waals surface area contributed by atoms with Crippen molar-refractivity contribution in [2.24, 2.45) is 0 Å². The second-order valence-corrected chi connectivity index (χ2v) is 6.62. The van der Waals surface area contributed by atoms with Crippen LogP contribution in [0.5, 0.6) is 5.75 Å². The van der Waals surface area contributed by atoms with E-state index in [1.807, 2.05) is 18.2 Å². The smallest absolute Gasteiger partial charge is 0.335 e. The van der Waals surface area contributed by atoms with Gasteiger partial charge in [-0.2, -0.15) is 0 Å². The highest BCUT2D eigenvalue weighted by Gasteiger charge is 2.42. The molecule has 0 saturated carbocycles. The lowest BCUT2D eigenvalue weighted by molar-refractivity contribution is -0.165. The second-order valence-electron chi connectivity index (χ2n) is 5.71. The molecule has 1 unspecified atom stereocenters. The van der Waals surface area contributed by atoms with E-state index >= 15 is 0 Å². The van der Waals surface area contributed by atoms with Gasteiger partial charge in [0.2, 0.25) is 5.91 Å². The first-order valence-electron chi connectivity index (χ1n) is 7.07. The number of rotatable bonds is 2. The summed E-state index contributed by atoms with van der Waals surface area (Å²) >= 11 is 3.39. The van der Waals surface area contributed by atoms with Crippen LogP contribution in [0.4, 0.5) is 0 Å². The molecule has 1 atom stereocenters. The van der Waals surface area contributed by atoms with Gasteiger partial charge in [0.1, 0.15) is 18.3 Å². The summed E-state index contributed by atoms with van der Waals surface area (Å²) in [6.07, 6.45) is 0.0972. The first kappa shape index (κ1) is 15.3. The van der Waals surface area contributed by atoms with E-state index in [9.17, 15) is 14.7 Å². The first-order valence-corrected chi connectivity index (χ1v) is 7.87. The number of aliphatic carboxylic acids is 1. The van der Waals surface area contributed by atoms with Crippen molar-refractivity contribution in [2.75, 3.05) is 19.7 Å². The number of fused-ring (bicyclic) bond motifs is 1. The molecule has 1 aromatic carbocycles. The Hall–Kier alpha value is -1.60. The van der Waals surface area contributed by atoms with Crippen LogP contribution in [0.2, 0.25) is 0 Å². The van der Waals surface area contributed by atoms with Crippen LogP contribution in [0.15, 0.2) is 22.7 Å². The van der Waals surface area contributed by atoms with Gasteiger partial charge >= 0.3 is 5.97 Å². The lowest BCUT2D eigenvalue weighted by Gasteiger charge is -2.36. The SMILES string of the molecule is O=C(C1COc2ccc(Br)cc21)N1CCC(O)(C(=O)O)CC1. The molecule has 0 bridgehead atoms. The minimum Gasteiger partial charge on any atom is -0.492 e. The fourth-order valence-corrected chi connectivity index (χ4v) is 3.30. The van der Waals surface area contributed by atoms with E-state index in [0.717, 1.165) is 10.0 Å². The number of benzene rings is 1. The molecule has 2 N–H and O–H groups in total. The van der Waals surface area contributed by atoms with Gasteiger partial charge in [-0.25, -0.2) is 4.79 Å². The Morgan fingerprint density at radius 3 is 2.64 bits per heavy atom. The van der Waals surface area contributed by atoms with Crippen molar-refractivity contribution in [3.63, 3.8) is 0 Å². The Kier molecular flexibility index (Phi) is 3.86. The van der Waals surface area contributed by atoms with E-state index < -0.39 is 11.6 Å². The summed E-state index contributed by atoms with van der Waals surface area (Å²) in [7, 11) is 0. The highest BCUT2D eigenvalue weighted by atomic mass is 79.9. The third-order valence-corrected chi connectivity index (χ3v) is 4.84. The molecule has 0 aromatic heterocycles. The Balaban J connectivity index is 1.72. The van der Waals surface area contributed by atoms with Crippen LogP contribution in [0.25, 0.3) is 0 Å². The number of amides is 1. The maximum Gasteiger partial charge on any atom is 0.335 e. The Bertz CT molecular complexity index is 624. The number of likely N-dealkylation sites (tertiary alicyclic amines) is 1. The number of ether oxygens (including phenoxy) is 1. The maximum absolute atomic E-state index is 12.7. The summed E-state index contributed by atoms with van der Waals surface area (Å²) < 4.78 is 6.43. The third-order valence-electron chi connectivity index (χ3n) is 4.35. The molecule has 1 fully saturated rings. The maximum atomic E-state index is 12.7. The molecule has 22 heavy (non-hydrogen) atoms. The van der Waals surface area contributed by atoms with Gasteiger partial charge in [0.15, 0.2) is 5.60 Å². The van der Waals surface area contributed by atoms with Crippen LogP contribution in [0.1, 0.15) is 24.3 Å². The predicted molar refractivity (Wildman–Crippen MR) is 80.8 cm³/mol. The van der Waals surface area contributed by atoms with Gasteiger partial charge in [0.05, 0.1) is 0 Å². The summed E-state index contributed by atoms with van der Waals surface area (Å²) in [4.78, 5) is 25.3. The number of nitrogens with zero attached hydrogens (tertiary/aromatic N) is 1. The number of carboxylic acids is 1. The first-order chi connectivity index (χ1) is 10.4. The molecule has 3 rings (SSSR count). The summed E-state index contributed by atoms with van der Waals surface area (Å²) in [6, 6.07) is 5.56. The minimum atomic E-state index is -1.72. The molecule has 0 radical (unpaired) electrons. The Labute approximate surface area is 135 Å². The van der Waals surface area contributed by atoms with E-state index in [1.54, 1.807) is 4.90 Å². The normalized spacial score (nSPS) is 22.8. The zero-order chi connectivity index (χ0) is 15.9. The van der Waals surface area contributed by atoms with Crippen LogP contribution in [-0.4, -0.2) is 52.3 Å². The monoisotopic (exact) mass is 369 g/mol. The minimum absolute atomic E-state index is 0.0486. The average molecular weight is 370 g/mol. The highest BCUT2D eigenvalue weighted by molar-refractivity contribution is 9.10. The standard InChI is InChI=1S/C15H16BrNO5/c16-9-1-2-12-10(7-9)11(8-22-12)13(18)17-5-3-15(21,4-6-17)14(19)20/h1-2,7,11,21H,3-6,8H2,(H,19,20). The molecule has 1 amide bonds. The van der Waals surface area contributed by atoms with E-state index in [4.69, 9.17) is 9.84 Å². The van der Waals surface area contributed by atoms with E-state index in [0.29, 0.717) is 12.4 Å². The zero-order valence-electron chi connectivity index (χ0n) is 11.8. The molecule has 1 saturated heterocycles. The number of carboxylic acid groups (broad SMARTS) is 1. The number of halogens is 1. The number of carbonyl (C=O) groups is 2. The van der Waals surface area contributed by atoms with Crippen LogP contribution >= 0.6 is 15.9 Å². The van der Waals surface area contributed by atoms with Crippen molar-refractivity contribution in [3.8, 4) is 5.75 Å². The molecular formula is C15H16BrNO5. The number of piperidine rings is 1. The summed E-state index contributed by atoms with van der Waals surface area (Å²) in [6.45, 7) is 0.771. The molecule has 0 spiro atoms. The fourth-order valence-electron chi connectivity index (χ4n) is 2.92. The average Bonchev–Trinajstić information content (AvgIpc) is 2.90. The largest absolute Gasteiger partial charge is 0.492 e. The van der Waals surface area contributed by atoms with Gasteiger partial charge in [0, 0.05) is 36.0 Å². The van der Waals surface area contributed by atoms with Gasteiger partial charge in [-0.15, -0.1) is 0 Å². The third kappa shape index (κ3) is 2.59. The lowest BCUT2D eigenvalue weighted by atomic mass is 9.90. The van der Waals surface area contributed by atoms with Crippen molar-refractivity contribution in [1.82, 2.24) is 4.90 Å². The molecule has 118 valence electrons. The number of hydrogen-bond acceptors (Lipinski definition) is 4. The number of hydrogen-bond donors (Lipinski definition) is 2. The van der Waals surface area contributed by atoms with Crippen molar-refractivity contribution in [1.29, 1.82) is 0 Å². The van der Waals surface area contributed by atoms with Crippen LogP contribution < -0.4 is 4.74 Å². The van der Waals surface area contributed by atoms with E-state index in [2.05, 4.69) is 15.9 Å². The van der Waals surface area contributed by atoms with Gasteiger partial charge in [-0.05, 0) is 18.2 Å². The number of carbonyl (C=O) groups excluding carboxylic acids is 1. The lowest BCUT2D eigenvalue weighted by Crippen LogP contribution is -2.51. The van der Waals surface area contributed by atoms with Crippen LogP contribution in [0, 0.1) is 0 Å². The molecule has 1 aromatic rings. The molecule has 6 nitrogen and oxygen atoms in total. The summed E-state index contributed by atoms with van der Waals surface area (Å²) in [5.41, 5.74) is -0.873. The van der Waals surface area contributed by atoms with Crippen molar-refractivity contribution < 1.29 is 24.5 Å². The van der Waals surface area contributed by atoms with Gasteiger partial charge < -0.3 is 19.8 Å². The van der Waals surface area contributed by atoms with E-state index in [-0.39, 0.29) is 37.8 Å². The van der Waals surface area contributed by atoms with Crippen molar-refractivity contribution in [2.45, 2.75) is 24.4 Å². The zero-order valence-corrected chi connectivity index (χ0v) is 13.4. The van der Waals surface area contributed by atoms with Gasteiger partial charge in [0.25, 0.3) is 0 Å². The van der Waals surface area contributed by atoms with Gasteiger partial charge in [-0.3, -0.25) is 4.79 Å². The molecule has 2 heterocycles. The second kappa shape index (κ2) is 5.55.